The molecule has 0 fully saturated rings. The molecule has 0 aliphatic heterocycles. The number of aromatic amines is 1. The molecule has 8 nitrogen and oxygen atoms in total. The number of nitrogens with zero attached hydrogens (tertiary/aromatic N) is 3. The van der Waals surface area contributed by atoms with Gasteiger partial charge >= 0.3 is 0 Å². The largest absolute Gasteiger partial charge is 0.368 e. The van der Waals surface area contributed by atoms with E-state index in [1.165, 1.54) is 0 Å². The van der Waals surface area contributed by atoms with Gasteiger partial charge in [0.25, 0.3) is 0 Å². The molecule has 0 radical (unpaired) electrons. The van der Waals surface area contributed by atoms with Gasteiger partial charge in [-0.05, 0) is 0 Å². The molecule has 0 spiro atoms. The molecule has 2 aromatic heterocycles. The minimum absolute atomic E-state index is 0.293. The molecule has 92 valence electrons. The molecule has 1 unspecified atom stereocenters. The number of anilines is 2. The van der Waals surface area contributed by atoms with E-state index in [1.807, 2.05) is 0 Å². The summed E-state index contributed by atoms with van der Waals surface area (Å²) in [6.07, 6.45) is 3.28. The van der Waals surface area contributed by atoms with Gasteiger partial charge in [-0.15, -0.1) is 0 Å². The predicted octanol–water partition coefficient (Wildman–Crippen LogP) is -0.571. The molecular weight excluding hydrogens is 242 g/mol. The lowest BCUT2D eigenvalue weighted by Crippen LogP contribution is -2.14. The predicted molar refractivity (Wildman–Crippen MR) is 66.9 cm³/mol. The van der Waals surface area contributed by atoms with Gasteiger partial charge in [-0.25, -0.2) is 5.84 Å². The first-order valence-corrected chi connectivity index (χ1v) is 6.65. The Balaban J connectivity index is 2.24. The zero-order valence-corrected chi connectivity index (χ0v) is 10.0. The molecule has 0 amide bonds. The van der Waals surface area contributed by atoms with E-state index in [9.17, 15) is 4.21 Å². The van der Waals surface area contributed by atoms with Gasteiger partial charge in [-0.1, -0.05) is 0 Å². The highest BCUT2D eigenvalue weighted by Gasteiger charge is 2.08. The lowest BCUT2D eigenvalue weighted by atomic mass is 10.4. The van der Waals surface area contributed by atoms with E-state index in [4.69, 9.17) is 5.84 Å². The standard InChI is InChI=1S/C8H13N7OS/c1-17(16)3-2-10-6-5-4-11-15-7(5)13-8(12-6)14-9/h4H,2-3,9H2,1H3,(H3,10,11,12,13,14,15). The van der Waals surface area contributed by atoms with Crippen LogP contribution in [0.2, 0.25) is 0 Å². The van der Waals surface area contributed by atoms with E-state index >= 15 is 0 Å². The second-order valence-corrected chi connectivity index (χ2v) is 4.93. The topological polar surface area (TPSA) is 122 Å². The highest BCUT2D eigenvalue weighted by molar-refractivity contribution is 7.84. The monoisotopic (exact) mass is 255 g/mol. The number of hydrogen-bond donors (Lipinski definition) is 4. The maximum atomic E-state index is 11.0. The third kappa shape index (κ3) is 2.68. The van der Waals surface area contributed by atoms with E-state index in [-0.39, 0.29) is 0 Å². The summed E-state index contributed by atoms with van der Waals surface area (Å²) in [5.74, 6) is 6.73. The molecule has 0 aromatic carbocycles. The number of hydrogen-bond acceptors (Lipinski definition) is 7. The molecule has 2 rings (SSSR count). The van der Waals surface area contributed by atoms with Crippen LogP contribution < -0.4 is 16.6 Å². The van der Waals surface area contributed by atoms with Gasteiger partial charge in [0.1, 0.15) is 5.82 Å². The van der Waals surface area contributed by atoms with Crippen molar-refractivity contribution < 1.29 is 4.21 Å². The van der Waals surface area contributed by atoms with Gasteiger partial charge in [-0.3, -0.25) is 14.7 Å². The van der Waals surface area contributed by atoms with Crippen molar-refractivity contribution in [1.82, 2.24) is 20.2 Å². The Morgan fingerprint density at radius 2 is 2.35 bits per heavy atom. The van der Waals surface area contributed by atoms with Gasteiger partial charge < -0.3 is 5.32 Å². The first-order valence-electron chi connectivity index (χ1n) is 4.92. The van der Waals surface area contributed by atoms with Crippen LogP contribution in [0.3, 0.4) is 0 Å². The van der Waals surface area contributed by atoms with Crippen LogP contribution in [0.4, 0.5) is 11.8 Å². The summed E-state index contributed by atoms with van der Waals surface area (Å²) in [4.78, 5) is 8.26. The van der Waals surface area contributed by atoms with Crippen molar-refractivity contribution in [2.45, 2.75) is 0 Å². The van der Waals surface area contributed by atoms with Crippen LogP contribution in [0.5, 0.6) is 0 Å². The fraction of sp³-hybridized carbons (Fsp3) is 0.375. The van der Waals surface area contributed by atoms with E-state index in [2.05, 4.69) is 30.9 Å². The zero-order chi connectivity index (χ0) is 12.3. The number of aromatic nitrogens is 4. The van der Waals surface area contributed by atoms with Gasteiger partial charge in [0.05, 0.1) is 11.6 Å². The van der Waals surface area contributed by atoms with Crippen molar-refractivity contribution in [3.8, 4) is 0 Å². The van der Waals surface area contributed by atoms with Crippen LogP contribution in [0, 0.1) is 0 Å². The smallest absolute Gasteiger partial charge is 0.241 e. The van der Waals surface area contributed by atoms with E-state index in [0.717, 1.165) is 5.39 Å². The Hall–Kier alpha value is -1.74. The Bertz CT molecular complexity index is 540. The van der Waals surface area contributed by atoms with Crippen LogP contribution in [-0.4, -0.2) is 42.9 Å². The summed E-state index contributed by atoms with van der Waals surface area (Å²) in [6, 6.07) is 0. The molecule has 2 heterocycles. The van der Waals surface area contributed by atoms with Crippen molar-refractivity contribution in [3.05, 3.63) is 6.20 Å². The van der Waals surface area contributed by atoms with Gasteiger partial charge in [0.15, 0.2) is 5.65 Å². The van der Waals surface area contributed by atoms with E-state index < -0.39 is 10.8 Å². The number of hydrazine groups is 1. The van der Waals surface area contributed by atoms with Crippen molar-refractivity contribution in [1.29, 1.82) is 0 Å². The maximum absolute atomic E-state index is 11.0. The number of fused-ring (bicyclic) bond motifs is 1. The van der Waals surface area contributed by atoms with Gasteiger partial charge in [-0.2, -0.15) is 15.1 Å². The van der Waals surface area contributed by atoms with E-state index in [0.29, 0.717) is 29.7 Å². The summed E-state index contributed by atoms with van der Waals surface area (Å²) < 4.78 is 11.0. The lowest BCUT2D eigenvalue weighted by Gasteiger charge is -2.06. The average molecular weight is 255 g/mol. The van der Waals surface area contributed by atoms with Gasteiger partial charge in [0, 0.05) is 29.4 Å². The zero-order valence-electron chi connectivity index (χ0n) is 9.23. The molecule has 0 aliphatic carbocycles. The second kappa shape index (κ2) is 5.06. The summed E-state index contributed by atoms with van der Waals surface area (Å²) in [7, 11) is -0.840. The van der Waals surface area contributed by atoms with Crippen molar-refractivity contribution in [2.75, 3.05) is 29.3 Å². The highest BCUT2D eigenvalue weighted by atomic mass is 32.2. The number of H-pyrrole nitrogens is 1. The first-order chi connectivity index (χ1) is 8.20. The number of nitrogen functional groups attached to an aromatic ring is 1. The third-order valence-electron chi connectivity index (χ3n) is 2.12. The fourth-order valence-corrected chi connectivity index (χ4v) is 1.74. The molecule has 5 N–H and O–H groups in total. The molecule has 2 aromatic rings. The molecule has 17 heavy (non-hydrogen) atoms. The van der Waals surface area contributed by atoms with Crippen LogP contribution in [0.25, 0.3) is 11.0 Å². The Morgan fingerprint density at radius 1 is 1.53 bits per heavy atom. The molecule has 9 heteroatoms. The minimum atomic E-state index is -0.840. The Kier molecular flexibility index (Phi) is 3.49. The van der Waals surface area contributed by atoms with Crippen LogP contribution in [0.15, 0.2) is 6.20 Å². The molecule has 0 aliphatic rings. The van der Waals surface area contributed by atoms with Crippen molar-refractivity contribution in [2.24, 2.45) is 5.84 Å². The Morgan fingerprint density at radius 3 is 3.06 bits per heavy atom. The molecule has 1 atom stereocenters. The van der Waals surface area contributed by atoms with Crippen LogP contribution in [0.1, 0.15) is 0 Å². The Labute approximate surface area is 99.8 Å². The molecule has 0 saturated carbocycles. The number of nitrogens with one attached hydrogen (secondary N) is 3. The van der Waals surface area contributed by atoms with Crippen LogP contribution >= 0.6 is 0 Å². The molecule has 0 saturated heterocycles. The minimum Gasteiger partial charge on any atom is -0.368 e. The fourth-order valence-electron chi connectivity index (χ4n) is 1.35. The highest BCUT2D eigenvalue weighted by Crippen LogP contribution is 2.18. The summed E-state index contributed by atoms with van der Waals surface area (Å²) in [5, 5.41) is 10.5. The number of nitrogens with two attached hydrogens (primary N) is 1. The van der Waals surface area contributed by atoms with Crippen molar-refractivity contribution >= 4 is 33.6 Å². The van der Waals surface area contributed by atoms with Crippen molar-refractivity contribution in [3.63, 3.8) is 0 Å². The van der Waals surface area contributed by atoms with Crippen LogP contribution in [-0.2, 0) is 10.8 Å². The normalized spacial score (nSPS) is 12.6. The second-order valence-electron chi connectivity index (χ2n) is 3.38. The first kappa shape index (κ1) is 11.7. The summed E-state index contributed by atoms with van der Waals surface area (Å²) in [5.41, 5.74) is 2.97. The SMILES string of the molecule is CS(=O)CCNc1nc(NN)nc2[nH]ncc12. The number of rotatable bonds is 5. The summed E-state index contributed by atoms with van der Waals surface area (Å²) in [6.45, 7) is 0.560. The van der Waals surface area contributed by atoms with E-state index in [1.54, 1.807) is 12.5 Å². The third-order valence-corrected chi connectivity index (χ3v) is 2.90. The van der Waals surface area contributed by atoms with Gasteiger partial charge in [0.2, 0.25) is 5.95 Å². The summed E-state index contributed by atoms with van der Waals surface area (Å²) >= 11 is 0. The molecular formula is C8H13N7OS. The quantitative estimate of drug-likeness (QED) is 0.417. The average Bonchev–Trinajstić information content (AvgIpc) is 2.76. The molecule has 0 bridgehead atoms. The maximum Gasteiger partial charge on any atom is 0.241 e. The lowest BCUT2D eigenvalue weighted by molar-refractivity contribution is 0.687.